The zero-order valence-electron chi connectivity index (χ0n) is 33.3. The minimum atomic E-state index is -0.198. The van der Waals surface area contributed by atoms with Crippen molar-refractivity contribution in [2.75, 3.05) is 0 Å². The molecule has 12 aromatic rings. The molecule has 3 nitrogen and oxygen atoms in total. The third-order valence-electron chi connectivity index (χ3n) is 13.3. The SMILES string of the molecule is CC1(C)c2cc(-n3c4ccccc4c4ccc(-c5ccc6c(c5)c5ccccc5n6-c5ccc(-c6ccccc6)cc5)cc43)ccc2-c2c1ccc1c2oc2ccccc21. The van der Waals surface area contributed by atoms with Gasteiger partial charge in [-0.3, -0.25) is 0 Å². The molecule has 0 aliphatic heterocycles. The molecule has 1 aliphatic carbocycles. The highest BCUT2D eigenvalue weighted by molar-refractivity contribution is 6.14. The van der Waals surface area contributed by atoms with Gasteiger partial charge in [-0.1, -0.05) is 147 Å². The van der Waals surface area contributed by atoms with Crippen LogP contribution in [-0.4, -0.2) is 9.13 Å². The van der Waals surface area contributed by atoms with Gasteiger partial charge in [-0.25, -0.2) is 0 Å². The number of nitrogens with zero attached hydrogens (tertiary/aromatic N) is 2. The number of furan rings is 1. The molecule has 0 N–H and O–H groups in total. The molecular formula is C57H38N2O. The molecule has 0 unspecified atom stereocenters. The van der Waals surface area contributed by atoms with Gasteiger partial charge in [-0.05, 0) is 99.6 Å². The largest absolute Gasteiger partial charge is 0.455 e. The van der Waals surface area contributed by atoms with Crippen LogP contribution in [0.3, 0.4) is 0 Å². The lowest BCUT2D eigenvalue weighted by Crippen LogP contribution is -2.15. The maximum Gasteiger partial charge on any atom is 0.143 e. The molecule has 9 aromatic carbocycles. The van der Waals surface area contributed by atoms with Gasteiger partial charge in [0.1, 0.15) is 11.2 Å². The first kappa shape index (κ1) is 33.4. The van der Waals surface area contributed by atoms with Gasteiger partial charge >= 0.3 is 0 Å². The minimum Gasteiger partial charge on any atom is -0.455 e. The summed E-state index contributed by atoms with van der Waals surface area (Å²) in [6.07, 6.45) is 0. The van der Waals surface area contributed by atoms with Crippen molar-refractivity contribution in [3.63, 3.8) is 0 Å². The number of aromatic nitrogens is 2. The van der Waals surface area contributed by atoms with Crippen LogP contribution in [0, 0.1) is 0 Å². The van der Waals surface area contributed by atoms with Gasteiger partial charge in [-0.15, -0.1) is 0 Å². The molecule has 0 saturated heterocycles. The van der Waals surface area contributed by atoms with Crippen molar-refractivity contribution in [3.05, 3.63) is 205 Å². The first-order valence-corrected chi connectivity index (χ1v) is 20.8. The Morgan fingerprint density at radius 1 is 0.367 bits per heavy atom. The first-order chi connectivity index (χ1) is 29.5. The number of rotatable bonds is 4. The summed E-state index contributed by atoms with van der Waals surface area (Å²) < 4.78 is 11.5. The Labute approximate surface area is 347 Å². The number of hydrogen-bond acceptors (Lipinski definition) is 1. The second-order valence-corrected chi connectivity index (χ2v) is 16.9. The molecule has 0 radical (unpaired) electrons. The van der Waals surface area contributed by atoms with Crippen molar-refractivity contribution in [2.45, 2.75) is 19.3 Å². The zero-order chi connectivity index (χ0) is 39.7. The molecule has 3 aromatic heterocycles. The van der Waals surface area contributed by atoms with Crippen molar-refractivity contribution in [1.29, 1.82) is 0 Å². The lowest BCUT2D eigenvalue weighted by atomic mass is 9.82. The number of fused-ring (bicyclic) bond motifs is 13. The molecule has 3 heteroatoms. The average Bonchev–Trinajstić information content (AvgIpc) is 4.01. The standard InChI is InChI=1S/C57H38N2O/c1-57(2)48-30-29-45-44-16-8-11-19-54(44)60-56(45)55(48)46-28-26-40(34-49(46)57)59-50-17-9-6-14-41(50)43-27-22-38(33-53(43)59)37-23-31-52-47(32-37)42-15-7-10-18-51(42)58(52)39-24-20-36(21-25-39)35-12-4-3-5-13-35/h3-34H,1-2H3. The van der Waals surface area contributed by atoms with E-state index in [1.54, 1.807) is 0 Å². The molecule has 0 atom stereocenters. The summed E-state index contributed by atoms with van der Waals surface area (Å²) >= 11 is 0. The van der Waals surface area contributed by atoms with E-state index in [-0.39, 0.29) is 5.41 Å². The molecular weight excluding hydrogens is 729 g/mol. The van der Waals surface area contributed by atoms with E-state index < -0.39 is 0 Å². The summed E-state index contributed by atoms with van der Waals surface area (Å²) in [5, 5.41) is 7.33. The van der Waals surface area contributed by atoms with Crippen molar-refractivity contribution >= 4 is 65.6 Å². The van der Waals surface area contributed by atoms with E-state index in [1.807, 2.05) is 0 Å². The molecule has 0 amide bonds. The Kier molecular flexibility index (Phi) is 6.78. The van der Waals surface area contributed by atoms with E-state index in [0.29, 0.717) is 0 Å². The smallest absolute Gasteiger partial charge is 0.143 e. The van der Waals surface area contributed by atoms with Crippen LogP contribution in [0.1, 0.15) is 25.0 Å². The topological polar surface area (TPSA) is 23.0 Å². The van der Waals surface area contributed by atoms with Crippen LogP contribution < -0.4 is 0 Å². The van der Waals surface area contributed by atoms with Crippen LogP contribution in [0.25, 0.3) is 110 Å². The lowest BCUT2D eigenvalue weighted by molar-refractivity contribution is 0.653. The molecule has 0 fully saturated rings. The van der Waals surface area contributed by atoms with Crippen molar-refractivity contribution in [2.24, 2.45) is 0 Å². The molecule has 282 valence electrons. The van der Waals surface area contributed by atoms with E-state index in [1.165, 1.54) is 93.5 Å². The fourth-order valence-corrected chi connectivity index (χ4v) is 10.4. The third kappa shape index (κ3) is 4.60. The Morgan fingerprint density at radius 2 is 0.933 bits per heavy atom. The molecule has 60 heavy (non-hydrogen) atoms. The summed E-state index contributed by atoms with van der Waals surface area (Å²) in [6, 6.07) is 71.1. The van der Waals surface area contributed by atoms with Gasteiger partial charge in [-0.2, -0.15) is 0 Å². The minimum absolute atomic E-state index is 0.198. The summed E-state index contributed by atoms with van der Waals surface area (Å²) in [5.74, 6) is 0. The van der Waals surface area contributed by atoms with Crippen LogP contribution in [0.5, 0.6) is 0 Å². The summed E-state index contributed by atoms with van der Waals surface area (Å²) in [6.45, 7) is 4.71. The normalized spacial score (nSPS) is 13.3. The van der Waals surface area contributed by atoms with Crippen LogP contribution >= 0.6 is 0 Å². The Bertz CT molecular complexity index is 3730. The fraction of sp³-hybridized carbons (Fsp3) is 0.0526. The van der Waals surface area contributed by atoms with E-state index >= 15 is 0 Å². The second kappa shape index (κ2) is 12.2. The second-order valence-electron chi connectivity index (χ2n) is 16.9. The number of para-hydroxylation sites is 3. The van der Waals surface area contributed by atoms with Gasteiger partial charge in [0.2, 0.25) is 0 Å². The molecule has 1 aliphatic rings. The van der Waals surface area contributed by atoms with E-state index in [0.717, 1.165) is 27.9 Å². The maximum atomic E-state index is 6.61. The van der Waals surface area contributed by atoms with Crippen LogP contribution in [-0.2, 0) is 5.41 Å². The van der Waals surface area contributed by atoms with E-state index in [4.69, 9.17) is 4.42 Å². The predicted molar refractivity (Wildman–Crippen MR) is 251 cm³/mol. The fourth-order valence-electron chi connectivity index (χ4n) is 10.4. The zero-order valence-corrected chi connectivity index (χ0v) is 33.3. The summed E-state index contributed by atoms with van der Waals surface area (Å²) in [7, 11) is 0. The first-order valence-electron chi connectivity index (χ1n) is 20.8. The van der Waals surface area contributed by atoms with Gasteiger partial charge in [0.25, 0.3) is 0 Å². The van der Waals surface area contributed by atoms with Gasteiger partial charge in [0.15, 0.2) is 0 Å². The molecule has 0 bridgehead atoms. The number of benzene rings is 9. The molecule has 13 rings (SSSR count). The maximum absolute atomic E-state index is 6.61. The Balaban J connectivity index is 0.960. The Morgan fingerprint density at radius 3 is 1.73 bits per heavy atom. The summed E-state index contributed by atoms with van der Waals surface area (Å²) in [5.41, 5.74) is 18.8. The quantitative estimate of drug-likeness (QED) is 0.175. The highest BCUT2D eigenvalue weighted by Gasteiger charge is 2.38. The predicted octanol–water partition coefficient (Wildman–Crippen LogP) is 15.4. The van der Waals surface area contributed by atoms with Crippen molar-refractivity contribution in [1.82, 2.24) is 9.13 Å². The van der Waals surface area contributed by atoms with Gasteiger partial charge in [0.05, 0.1) is 22.1 Å². The molecule has 0 saturated carbocycles. The van der Waals surface area contributed by atoms with E-state index in [2.05, 4.69) is 217 Å². The highest BCUT2D eigenvalue weighted by atomic mass is 16.3. The molecule has 3 heterocycles. The van der Waals surface area contributed by atoms with Crippen molar-refractivity contribution in [3.8, 4) is 44.8 Å². The van der Waals surface area contributed by atoms with Crippen molar-refractivity contribution < 1.29 is 4.42 Å². The lowest BCUT2D eigenvalue weighted by Gasteiger charge is -2.22. The van der Waals surface area contributed by atoms with Gasteiger partial charge < -0.3 is 13.6 Å². The Hall–Kier alpha value is -7.62. The number of hydrogen-bond donors (Lipinski definition) is 0. The van der Waals surface area contributed by atoms with Crippen LogP contribution in [0.2, 0.25) is 0 Å². The summed E-state index contributed by atoms with van der Waals surface area (Å²) in [4.78, 5) is 0. The third-order valence-corrected chi connectivity index (χ3v) is 13.3. The monoisotopic (exact) mass is 766 g/mol. The van der Waals surface area contributed by atoms with Gasteiger partial charge in [0, 0.05) is 54.7 Å². The average molecular weight is 767 g/mol. The highest BCUT2D eigenvalue weighted by Crippen LogP contribution is 2.53. The van der Waals surface area contributed by atoms with Crippen LogP contribution in [0.15, 0.2) is 199 Å². The van der Waals surface area contributed by atoms with Crippen LogP contribution in [0.4, 0.5) is 0 Å². The molecule has 0 spiro atoms. The van der Waals surface area contributed by atoms with E-state index in [9.17, 15) is 0 Å².